The highest BCUT2D eigenvalue weighted by Crippen LogP contribution is 2.35. The van der Waals surface area contributed by atoms with E-state index in [1.54, 1.807) is 18.5 Å². The van der Waals surface area contributed by atoms with Gasteiger partial charge < -0.3 is 4.98 Å². The molecule has 6 nitrogen and oxygen atoms in total. The normalized spacial score (nSPS) is 12.7. The van der Waals surface area contributed by atoms with Crippen molar-refractivity contribution in [3.63, 3.8) is 0 Å². The van der Waals surface area contributed by atoms with Gasteiger partial charge in [0.2, 0.25) is 0 Å². The number of aromatic amines is 1. The van der Waals surface area contributed by atoms with Crippen molar-refractivity contribution in [3.8, 4) is 22.6 Å². The third-order valence-electron chi connectivity index (χ3n) is 3.25. The van der Waals surface area contributed by atoms with Crippen molar-refractivity contribution in [2.45, 2.75) is 0 Å². The lowest BCUT2D eigenvalue weighted by molar-refractivity contribution is 0.0998. The van der Waals surface area contributed by atoms with Crippen LogP contribution in [0.4, 0.5) is 5.69 Å². The van der Waals surface area contributed by atoms with Gasteiger partial charge in [-0.1, -0.05) is 30.3 Å². The maximum absolute atomic E-state index is 11.7. The molecule has 0 fully saturated rings. The maximum Gasteiger partial charge on any atom is 0.316 e. The largest absolute Gasteiger partial charge is 0.345 e. The zero-order valence-corrected chi connectivity index (χ0v) is 10.8. The van der Waals surface area contributed by atoms with E-state index >= 15 is 0 Å². The molecule has 3 heterocycles. The van der Waals surface area contributed by atoms with Gasteiger partial charge in [-0.15, -0.1) is 10.2 Å². The summed E-state index contributed by atoms with van der Waals surface area (Å²) < 4.78 is 0. The van der Waals surface area contributed by atoms with E-state index < -0.39 is 5.91 Å². The number of H-pyrrole nitrogens is 1. The van der Waals surface area contributed by atoms with Gasteiger partial charge in [0, 0.05) is 23.5 Å². The standard InChI is InChI=1S/C15H9N5O/c21-15-13-11(19-20-15)8-10(14-16-6-7-17-14)12(18-13)9-4-2-1-3-5-9/h1-8H,(H,16,17). The van der Waals surface area contributed by atoms with E-state index in [9.17, 15) is 4.79 Å². The molecular weight excluding hydrogens is 266 g/mol. The number of imidazole rings is 1. The Labute approximate surface area is 119 Å². The van der Waals surface area contributed by atoms with Crippen LogP contribution in [-0.2, 0) is 0 Å². The summed E-state index contributed by atoms with van der Waals surface area (Å²) in [5.74, 6) is 0.270. The summed E-state index contributed by atoms with van der Waals surface area (Å²) in [6.07, 6.45) is 3.41. The minimum absolute atomic E-state index is 0.282. The Balaban J connectivity index is 2.01. The van der Waals surface area contributed by atoms with Gasteiger partial charge in [0.1, 0.15) is 11.5 Å². The summed E-state index contributed by atoms with van der Waals surface area (Å²) in [5, 5.41) is 7.41. The van der Waals surface area contributed by atoms with Gasteiger partial charge in [0.25, 0.3) is 0 Å². The smallest absolute Gasteiger partial charge is 0.316 e. The Hall–Kier alpha value is -3.15. The molecule has 0 saturated carbocycles. The molecule has 0 saturated heterocycles. The molecule has 1 aromatic carbocycles. The minimum atomic E-state index is -0.409. The number of rotatable bonds is 2. The molecule has 0 unspecified atom stereocenters. The highest BCUT2D eigenvalue weighted by Gasteiger charge is 2.23. The average Bonchev–Trinajstić information content (AvgIpc) is 3.17. The molecule has 0 spiro atoms. The van der Waals surface area contributed by atoms with E-state index in [1.807, 2.05) is 30.3 Å². The van der Waals surface area contributed by atoms with Gasteiger partial charge in [-0.05, 0) is 6.07 Å². The van der Waals surface area contributed by atoms with Gasteiger partial charge in [0.15, 0.2) is 5.69 Å². The predicted octanol–water partition coefficient (Wildman–Crippen LogP) is 3.38. The third kappa shape index (κ3) is 1.85. The highest BCUT2D eigenvalue weighted by atomic mass is 16.2. The lowest BCUT2D eigenvalue weighted by Crippen LogP contribution is -1.99. The molecule has 0 atom stereocenters. The summed E-state index contributed by atoms with van der Waals surface area (Å²) in [6.45, 7) is 0. The lowest BCUT2D eigenvalue weighted by atomic mass is 10.0. The van der Waals surface area contributed by atoms with Crippen LogP contribution < -0.4 is 0 Å². The molecule has 1 N–H and O–H groups in total. The van der Waals surface area contributed by atoms with Gasteiger partial charge >= 0.3 is 5.91 Å². The fourth-order valence-electron chi connectivity index (χ4n) is 2.29. The topological polar surface area (TPSA) is 83.4 Å². The van der Waals surface area contributed by atoms with Crippen LogP contribution in [0.15, 0.2) is 59.0 Å². The van der Waals surface area contributed by atoms with E-state index in [0.29, 0.717) is 17.2 Å². The van der Waals surface area contributed by atoms with Crippen molar-refractivity contribution < 1.29 is 4.79 Å². The number of nitrogens with one attached hydrogen (secondary N) is 1. The predicted molar refractivity (Wildman–Crippen MR) is 76.1 cm³/mol. The van der Waals surface area contributed by atoms with Crippen LogP contribution in [0.2, 0.25) is 0 Å². The van der Waals surface area contributed by atoms with Crippen molar-refractivity contribution in [3.05, 3.63) is 54.5 Å². The number of carbonyl (C=O) groups is 1. The number of amides is 1. The number of azo groups is 1. The maximum atomic E-state index is 11.7. The summed E-state index contributed by atoms with van der Waals surface area (Å²) in [7, 11) is 0. The first-order chi connectivity index (χ1) is 10.3. The summed E-state index contributed by atoms with van der Waals surface area (Å²) >= 11 is 0. The molecule has 0 aliphatic carbocycles. The first kappa shape index (κ1) is 11.7. The number of hydrogen-bond acceptors (Lipinski definition) is 4. The molecule has 1 amide bonds. The van der Waals surface area contributed by atoms with Crippen LogP contribution in [0.1, 0.15) is 10.5 Å². The molecule has 2 aromatic heterocycles. The van der Waals surface area contributed by atoms with Crippen LogP contribution in [0.25, 0.3) is 22.6 Å². The Kier molecular flexibility index (Phi) is 2.47. The van der Waals surface area contributed by atoms with Gasteiger partial charge in [0.05, 0.1) is 5.69 Å². The van der Waals surface area contributed by atoms with Crippen LogP contribution in [0, 0.1) is 0 Å². The molecule has 100 valence electrons. The van der Waals surface area contributed by atoms with Crippen LogP contribution >= 0.6 is 0 Å². The molecule has 1 aliphatic rings. The van der Waals surface area contributed by atoms with E-state index in [4.69, 9.17) is 0 Å². The lowest BCUT2D eigenvalue weighted by Gasteiger charge is -2.08. The van der Waals surface area contributed by atoms with Crippen molar-refractivity contribution in [1.82, 2.24) is 15.0 Å². The summed E-state index contributed by atoms with van der Waals surface area (Å²) in [5.41, 5.74) is 3.14. The second-order valence-electron chi connectivity index (χ2n) is 4.56. The molecule has 0 radical (unpaired) electrons. The molecule has 6 heteroatoms. The SMILES string of the molecule is O=C1N=Nc2cc(-c3ncc[nH]3)c(-c3ccccc3)nc21. The number of aromatic nitrogens is 3. The molecule has 21 heavy (non-hydrogen) atoms. The average molecular weight is 275 g/mol. The Morgan fingerprint density at radius 1 is 1.00 bits per heavy atom. The van der Waals surface area contributed by atoms with E-state index in [1.165, 1.54) is 0 Å². The second kappa shape index (κ2) is 4.45. The Morgan fingerprint density at radius 3 is 2.62 bits per heavy atom. The van der Waals surface area contributed by atoms with Crippen molar-refractivity contribution in [2.75, 3.05) is 0 Å². The molecule has 1 aliphatic heterocycles. The molecule has 4 rings (SSSR count). The zero-order valence-electron chi connectivity index (χ0n) is 10.8. The van der Waals surface area contributed by atoms with Crippen LogP contribution in [0.3, 0.4) is 0 Å². The Bertz CT molecular complexity index is 853. The monoisotopic (exact) mass is 275 g/mol. The van der Waals surface area contributed by atoms with Crippen LogP contribution in [0.5, 0.6) is 0 Å². The Morgan fingerprint density at radius 2 is 1.86 bits per heavy atom. The molecule has 3 aromatic rings. The number of carbonyl (C=O) groups excluding carboxylic acids is 1. The van der Waals surface area contributed by atoms with E-state index in [0.717, 1.165) is 11.1 Å². The molecular formula is C15H9N5O. The van der Waals surface area contributed by atoms with Gasteiger partial charge in [-0.2, -0.15) is 0 Å². The van der Waals surface area contributed by atoms with Gasteiger partial charge in [-0.25, -0.2) is 9.97 Å². The fourth-order valence-corrected chi connectivity index (χ4v) is 2.29. The summed E-state index contributed by atoms with van der Waals surface area (Å²) in [4.78, 5) is 23.5. The van der Waals surface area contributed by atoms with Crippen LogP contribution in [-0.4, -0.2) is 20.9 Å². The minimum Gasteiger partial charge on any atom is -0.345 e. The van der Waals surface area contributed by atoms with Crippen molar-refractivity contribution in [2.24, 2.45) is 10.2 Å². The summed E-state index contributed by atoms with van der Waals surface area (Å²) in [6, 6.07) is 11.4. The third-order valence-corrected chi connectivity index (χ3v) is 3.25. The van der Waals surface area contributed by atoms with Gasteiger partial charge in [-0.3, -0.25) is 4.79 Å². The number of fused-ring (bicyclic) bond motifs is 1. The quantitative estimate of drug-likeness (QED) is 0.778. The number of nitrogens with zero attached hydrogens (tertiary/aromatic N) is 4. The first-order valence-corrected chi connectivity index (χ1v) is 6.39. The second-order valence-corrected chi connectivity index (χ2v) is 4.56. The number of hydrogen-bond donors (Lipinski definition) is 1. The number of benzene rings is 1. The van der Waals surface area contributed by atoms with E-state index in [-0.39, 0.29) is 5.69 Å². The highest BCUT2D eigenvalue weighted by molar-refractivity contribution is 6.01. The first-order valence-electron chi connectivity index (χ1n) is 6.39. The number of pyridine rings is 1. The molecule has 0 bridgehead atoms. The van der Waals surface area contributed by atoms with Crippen molar-refractivity contribution >= 4 is 11.6 Å². The fraction of sp³-hybridized carbons (Fsp3) is 0. The van der Waals surface area contributed by atoms with Crippen molar-refractivity contribution in [1.29, 1.82) is 0 Å². The zero-order chi connectivity index (χ0) is 14.2. The van der Waals surface area contributed by atoms with E-state index in [2.05, 4.69) is 25.2 Å².